The average Bonchev–Trinajstić information content (AvgIpc) is 2.70. The fourth-order valence-corrected chi connectivity index (χ4v) is 3.31. The van der Waals surface area contributed by atoms with E-state index < -0.39 is 11.5 Å². The molecule has 1 aromatic carbocycles. The number of pyridine rings is 1. The van der Waals surface area contributed by atoms with E-state index in [2.05, 4.69) is 5.32 Å². The van der Waals surface area contributed by atoms with Crippen molar-refractivity contribution >= 4 is 11.7 Å². The fourth-order valence-electron chi connectivity index (χ4n) is 3.31. The van der Waals surface area contributed by atoms with Gasteiger partial charge in [-0.3, -0.25) is 14.4 Å². The van der Waals surface area contributed by atoms with E-state index in [9.17, 15) is 14.4 Å². The van der Waals surface area contributed by atoms with Crippen LogP contribution in [0.2, 0.25) is 0 Å². The van der Waals surface area contributed by atoms with Gasteiger partial charge in [-0.1, -0.05) is 30.3 Å². The predicted octanol–water partition coefficient (Wildman–Crippen LogP) is 2.26. The summed E-state index contributed by atoms with van der Waals surface area (Å²) in [5, 5.41) is 2.48. The van der Waals surface area contributed by atoms with Gasteiger partial charge in [0.2, 0.25) is 0 Å². The molecule has 0 spiro atoms. The maximum Gasteiger partial charge on any atom is 0.263 e. The molecule has 0 radical (unpaired) electrons. The highest BCUT2D eigenvalue weighted by atomic mass is 16.5. The highest BCUT2D eigenvalue weighted by Crippen LogP contribution is 2.21. The Kier molecular flexibility index (Phi) is 6.19. The van der Waals surface area contributed by atoms with E-state index in [1.807, 2.05) is 30.3 Å². The SMILES string of the molecule is CNC(=O)c1cc(C(=O)CC2CCOCC2)cn(Cc2ccccc2)c1=O. The van der Waals surface area contributed by atoms with Crippen LogP contribution in [0.4, 0.5) is 0 Å². The van der Waals surface area contributed by atoms with E-state index in [4.69, 9.17) is 4.74 Å². The van der Waals surface area contributed by atoms with Crippen molar-refractivity contribution in [1.29, 1.82) is 0 Å². The Labute approximate surface area is 158 Å². The van der Waals surface area contributed by atoms with Gasteiger partial charge in [0, 0.05) is 38.4 Å². The molecule has 3 rings (SSSR count). The summed E-state index contributed by atoms with van der Waals surface area (Å²) < 4.78 is 6.79. The first-order chi connectivity index (χ1) is 13.1. The highest BCUT2D eigenvalue weighted by molar-refractivity contribution is 6.00. The molecule has 0 aliphatic carbocycles. The van der Waals surface area contributed by atoms with Gasteiger partial charge in [-0.15, -0.1) is 0 Å². The molecule has 1 N–H and O–H groups in total. The van der Waals surface area contributed by atoms with Crippen LogP contribution in [0.1, 0.15) is 45.5 Å². The summed E-state index contributed by atoms with van der Waals surface area (Å²) in [5.41, 5.74) is 0.916. The summed E-state index contributed by atoms with van der Waals surface area (Å²) in [6, 6.07) is 10.9. The number of Topliss-reactive ketones (excluding diaryl/α,β-unsaturated/α-hetero) is 1. The molecule has 1 fully saturated rings. The zero-order valence-electron chi connectivity index (χ0n) is 15.4. The van der Waals surface area contributed by atoms with Gasteiger partial charge in [0.1, 0.15) is 5.56 Å². The lowest BCUT2D eigenvalue weighted by atomic mass is 9.92. The standard InChI is InChI=1S/C21H24N2O4/c1-22-20(25)18-12-17(19(24)11-15-7-9-27-10-8-15)14-23(21(18)26)13-16-5-3-2-4-6-16/h2-6,12,14-15H,7-11,13H2,1H3,(H,22,25). The lowest BCUT2D eigenvalue weighted by Crippen LogP contribution is -2.32. The third kappa shape index (κ3) is 4.71. The molecule has 0 saturated carbocycles. The largest absolute Gasteiger partial charge is 0.381 e. The van der Waals surface area contributed by atoms with Crippen molar-refractivity contribution in [3.8, 4) is 0 Å². The number of carbonyl (C=O) groups excluding carboxylic acids is 2. The van der Waals surface area contributed by atoms with Gasteiger partial charge in [0.15, 0.2) is 5.78 Å². The number of aromatic nitrogens is 1. The van der Waals surface area contributed by atoms with Crippen molar-refractivity contribution in [2.24, 2.45) is 5.92 Å². The molecule has 0 bridgehead atoms. The minimum Gasteiger partial charge on any atom is -0.381 e. The van der Waals surface area contributed by atoms with E-state index in [-0.39, 0.29) is 17.3 Å². The second-order valence-corrected chi connectivity index (χ2v) is 6.82. The zero-order chi connectivity index (χ0) is 19.2. The number of hydrogen-bond donors (Lipinski definition) is 1. The van der Waals surface area contributed by atoms with E-state index in [0.29, 0.717) is 31.7 Å². The van der Waals surface area contributed by atoms with Gasteiger partial charge in [0.25, 0.3) is 11.5 Å². The Morgan fingerprint density at radius 1 is 1.19 bits per heavy atom. The topological polar surface area (TPSA) is 77.4 Å². The van der Waals surface area contributed by atoms with Crippen LogP contribution in [0.25, 0.3) is 0 Å². The van der Waals surface area contributed by atoms with Crippen molar-refractivity contribution in [2.75, 3.05) is 20.3 Å². The van der Waals surface area contributed by atoms with E-state index >= 15 is 0 Å². The van der Waals surface area contributed by atoms with E-state index in [1.165, 1.54) is 17.7 Å². The van der Waals surface area contributed by atoms with Gasteiger partial charge >= 0.3 is 0 Å². The average molecular weight is 368 g/mol. The zero-order valence-corrected chi connectivity index (χ0v) is 15.4. The van der Waals surface area contributed by atoms with Crippen LogP contribution in [0.15, 0.2) is 47.4 Å². The van der Waals surface area contributed by atoms with Crippen LogP contribution >= 0.6 is 0 Å². The third-order valence-corrected chi connectivity index (χ3v) is 4.89. The van der Waals surface area contributed by atoms with Gasteiger partial charge < -0.3 is 14.6 Å². The third-order valence-electron chi connectivity index (χ3n) is 4.89. The van der Waals surface area contributed by atoms with E-state index in [1.54, 1.807) is 6.20 Å². The van der Waals surface area contributed by atoms with Gasteiger partial charge in [-0.25, -0.2) is 0 Å². The fraction of sp³-hybridized carbons (Fsp3) is 0.381. The van der Waals surface area contributed by atoms with Crippen LogP contribution in [0.5, 0.6) is 0 Å². The molecule has 0 atom stereocenters. The number of amides is 1. The van der Waals surface area contributed by atoms with Crippen molar-refractivity contribution in [2.45, 2.75) is 25.8 Å². The molecule has 1 amide bonds. The lowest BCUT2D eigenvalue weighted by Gasteiger charge is -2.21. The Balaban J connectivity index is 1.92. The second kappa shape index (κ2) is 8.77. The minimum atomic E-state index is -0.484. The number of carbonyl (C=O) groups is 2. The second-order valence-electron chi connectivity index (χ2n) is 6.82. The molecule has 6 nitrogen and oxygen atoms in total. The highest BCUT2D eigenvalue weighted by Gasteiger charge is 2.21. The lowest BCUT2D eigenvalue weighted by molar-refractivity contribution is 0.0601. The molecule has 1 aliphatic heterocycles. The van der Waals surface area contributed by atoms with Crippen molar-refractivity contribution in [3.63, 3.8) is 0 Å². The first-order valence-electron chi connectivity index (χ1n) is 9.20. The Morgan fingerprint density at radius 3 is 2.56 bits per heavy atom. The number of ketones is 1. The Morgan fingerprint density at radius 2 is 1.89 bits per heavy atom. The minimum absolute atomic E-state index is 0.00809. The normalized spacial score (nSPS) is 14.7. The van der Waals surface area contributed by atoms with Crippen LogP contribution in [0, 0.1) is 5.92 Å². The molecular weight excluding hydrogens is 344 g/mol. The van der Waals surface area contributed by atoms with E-state index in [0.717, 1.165) is 18.4 Å². The number of nitrogens with one attached hydrogen (secondary N) is 1. The molecule has 2 aromatic rings. The number of benzene rings is 1. The number of ether oxygens (including phenoxy) is 1. The number of nitrogens with zero attached hydrogens (tertiary/aromatic N) is 1. The smallest absolute Gasteiger partial charge is 0.263 e. The van der Waals surface area contributed by atoms with Crippen LogP contribution in [-0.4, -0.2) is 36.5 Å². The van der Waals surface area contributed by atoms with Gasteiger partial charge in [0.05, 0.1) is 6.54 Å². The molecular formula is C21H24N2O4. The molecule has 142 valence electrons. The molecule has 1 aliphatic rings. The summed E-state index contributed by atoms with van der Waals surface area (Å²) >= 11 is 0. The summed E-state index contributed by atoms with van der Waals surface area (Å²) in [6.45, 7) is 1.66. The molecule has 1 saturated heterocycles. The molecule has 6 heteroatoms. The Hall–Kier alpha value is -2.73. The van der Waals surface area contributed by atoms with Crippen molar-refractivity contribution in [3.05, 3.63) is 69.6 Å². The van der Waals surface area contributed by atoms with Crippen LogP contribution in [-0.2, 0) is 11.3 Å². The van der Waals surface area contributed by atoms with Gasteiger partial charge in [-0.2, -0.15) is 0 Å². The first kappa shape index (κ1) is 19.0. The summed E-state index contributed by atoms with van der Waals surface area (Å²) in [7, 11) is 1.47. The van der Waals surface area contributed by atoms with Crippen LogP contribution < -0.4 is 10.9 Å². The van der Waals surface area contributed by atoms with Crippen LogP contribution in [0.3, 0.4) is 0 Å². The summed E-state index contributed by atoms with van der Waals surface area (Å²) in [4.78, 5) is 37.7. The van der Waals surface area contributed by atoms with Crippen molar-refractivity contribution in [1.82, 2.24) is 9.88 Å². The summed E-state index contributed by atoms with van der Waals surface area (Å²) in [6.07, 6.45) is 3.69. The number of hydrogen-bond acceptors (Lipinski definition) is 4. The number of rotatable bonds is 6. The van der Waals surface area contributed by atoms with Gasteiger partial charge in [-0.05, 0) is 30.4 Å². The first-order valence-corrected chi connectivity index (χ1v) is 9.20. The molecule has 0 unspecified atom stereocenters. The summed E-state index contributed by atoms with van der Waals surface area (Å²) in [5.74, 6) is -0.249. The maximum atomic E-state index is 12.8. The maximum absolute atomic E-state index is 12.8. The molecule has 2 heterocycles. The monoisotopic (exact) mass is 368 g/mol. The molecule has 27 heavy (non-hydrogen) atoms. The van der Waals surface area contributed by atoms with Crippen molar-refractivity contribution < 1.29 is 14.3 Å². The quantitative estimate of drug-likeness (QED) is 0.794. The molecule has 1 aromatic heterocycles. The predicted molar refractivity (Wildman–Crippen MR) is 102 cm³/mol. The Bertz CT molecular complexity index is 867.